The molecule has 2 saturated heterocycles. The molecule has 9 heteroatoms. The highest BCUT2D eigenvalue weighted by atomic mass is 16.6. The molecule has 0 atom stereocenters. The van der Waals surface area contributed by atoms with Crippen molar-refractivity contribution in [3.8, 4) is 0 Å². The maximum absolute atomic E-state index is 13.5. The van der Waals surface area contributed by atoms with Crippen molar-refractivity contribution in [3.63, 3.8) is 0 Å². The maximum Gasteiger partial charge on any atom is 0.270 e. The number of carbonyl (C=O) groups excluding carboxylic acids is 2. The molecule has 0 radical (unpaired) electrons. The topological polar surface area (TPSA) is 99.9 Å². The van der Waals surface area contributed by atoms with E-state index >= 15 is 0 Å². The van der Waals surface area contributed by atoms with Crippen LogP contribution in [0.5, 0.6) is 0 Å². The number of amides is 2. The zero-order valence-electron chi connectivity index (χ0n) is 18.0. The number of carbonyl (C=O) groups is 2. The third-order valence-corrected chi connectivity index (χ3v) is 6.12. The highest BCUT2D eigenvalue weighted by Gasteiger charge is 2.28. The number of non-ortho nitro benzene ring substituents is 1. The Labute approximate surface area is 186 Å². The second kappa shape index (κ2) is 9.76. The first-order valence-electron chi connectivity index (χ1n) is 11.1. The molecule has 4 rings (SSSR count). The van der Waals surface area contributed by atoms with E-state index in [4.69, 9.17) is 0 Å². The van der Waals surface area contributed by atoms with Gasteiger partial charge in [-0.3, -0.25) is 24.7 Å². The van der Waals surface area contributed by atoms with E-state index < -0.39 is 4.92 Å². The standard InChI is InChI=1S/C23H27N5O4/c29-22(18-7-9-24-10-8-18)26-13-4-14-27(16-15-26)23(30)20-17-19(28(31)32)5-6-21(20)25-11-2-1-3-12-25/h5-10,17H,1-4,11-16H2. The highest BCUT2D eigenvalue weighted by Crippen LogP contribution is 2.29. The minimum Gasteiger partial charge on any atom is -0.371 e. The Bertz CT molecular complexity index is 991. The van der Waals surface area contributed by atoms with Crippen molar-refractivity contribution in [2.45, 2.75) is 25.7 Å². The largest absolute Gasteiger partial charge is 0.371 e. The van der Waals surface area contributed by atoms with Crippen LogP contribution in [0.25, 0.3) is 0 Å². The Morgan fingerprint density at radius 3 is 2.12 bits per heavy atom. The summed E-state index contributed by atoms with van der Waals surface area (Å²) in [5.74, 6) is -0.293. The first-order chi connectivity index (χ1) is 15.5. The summed E-state index contributed by atoms with van der Waals surface area (Å²) < 4.78 is 0. The molecule has 0 unspecified atom stereocenters. The number of anilines is 1. The second-order valence-corrected chi connectivity index (χ2v) is 8.18. The summed E-state index contributed by atoms with van der Waals surface area (Å²) in [6.45, 7) is 3.54. The SMILES string of the molecule is O=C(c1ccncc1)N1CCCN(C(=O)c2cc([N+](=O)[O-])ccc2N2CCCCC2)CC1. The number of rotatable bonds is 4. The number of nitro benzene ring substituents is 1. The molecule has 32 heavy (non-hydrogen) atoms. The molecule has 9 nitrogen and oxygen atoms in total. The van der Waals surface area contributed by atoms with Gasteiger partial charge in [0.05, 0.1) is 16.2 Å². The zero-order valence-corrected chi connectivity index (χ0v) is 18.0. The summed E-state index contributed by atoms with van der Waals surface area (Å²) in [5.41, 5.74) is 1.62. The Hall–Kier alpha value is -3.49. The van der Waals surface area contributed by atoms with E-state index in [0.29, 0.717) is 43.7 Å². The van der Waals surface area contributed by atoms with Gasteiger partial charge in [0.25, 0.3) is 17.5 Å². The minimum absolute atomic E-state index is 0.0777. The number of benzene rings is 1. The lowest BCUT2D eigenvalue weighted by molar-refractivity contribution is -0.384. The van der Waals surface area contributed by atoms with Crippen LogP contribution in [0.4, 0.5) is 11.4 Å². The van der Waals surface area contributed by atoms with Gasteiger partial charge in [0.15, 0.2) is 0 Å². The van der Waals surface area contributed by atoms with Crippen molar-refractivity contribution in [1.29, 1.82) is 0 Å². The molecule has 2 aliphatic rings. The van der Waals surface area contributed by atoms with Crippen molar-refractivity contribution in [2.75, 3.05) is 44.2 Å². The van der Waals surface area contributed by atoms with Crippen LogP contribution in [0.15, 0.2) is 42.7 Å². The third kappa shape index (κ3) is 4.71. The van der Waals surface area contributed by atoms with Crippen LogP contribution in [-0.4, -0.2) is 70.8 Å². The van der Waals surface area contributed by atoms with Crippen LogP contribution in [0.1, 0.15) is 46.4 Å². The van der Waals surface area contributed by atoms with Crippen molar-refractivity contribution >= 4 is 23.2 Å². The summed E-state index contributed by atoms with van der Waals surface area (Å²) in [5, 5.41) is 11.4. The minimum atomic E-state index is -0.464. The van der Waals surface area contributed by atoms with Gasteiger partial charge in [-0.25, -0.2) is 0 Å². The average Bonchev–Trinajstić information content (AvgIpc) is 3.10. The molecular formula is C23H27N5O4. The molecule has 2 fully saturated rings. The van der Waals surface area contributed by atoms with Crippen molar-refractivity contribution in [2.24, 2.45) is 0 Å². The molecule has 0 spiro atoms. The number of piperidine rings is 1. The van der Waals surface area contributed by atoms with Gasteiger partial charge < -0.3 is 14.7 Å². The van der Waals surface area contributed by atoms with Crippen molar-refractivity contribution in [3.05, 3.63) is 64.0 Å². The fraction of sp³-hybridized carbons (Fsp3) is 0.435. The maximum atomic E-state index is 13.5. The normalized spacial score (nSPS) is 17.1. The smallest absolute Gasteiger partial charge is 0.270 e. The molecular weight excluding hydrogens is 410 g/mol. The quantitative estimate of drug-likeness (QED) is 0.539. The van der Waals surface area contributed by atoms with Crippen LogP contribution in [0.2, 0.25) is 0 Å². The van der Waals surface area contributed by atoms with E-state index in [1.54, 1.807) is 40.4 Å². The predicted molar refractivity (Wildman–Crippen MR) is 120 cm³/mol. The van der Waals surface area contributed by atoms with Gasteiger partial charge in [0.2, 0.25) is 0 Å². The summed E-state index contributed by atoms with van der Waals surface area (Å²) >= 11 is 0. The monoisotopic (exact) mass is 437 g/mol. The van der Waals surface area contributed by atoms with Crippen molar-refractivity contribution < 1.29 is 14.5 Å². The fourth-order valence-corrected chi connectivity index (χ4v) is 4.39. The number of nitrogens with zero attached hydrogens (tertiary/aromatic N) is 5. The zero-order chi connectivity index (χ0) is 22.5. The second-order valence-electron chi connectivity index (χ2n) is 8.18. The van der Waals surface area contributed by atoms with Gasteiger partial charge in [-0.05, 0) is 43.9 Å². The van der Waals surface area contributed by atoms with E-state index in [-0.39, 0.29) is 17.5 Å². The Morgan fingerprint density at radius 2 is 1.47 bits per heavy atom. The van der Waals surface area contributed by atoms with Gasteiger partial charge in [0.1, 0.15) is 0 Å². The summed E-state index contributed by atoms with van der Waals surface area (Å²) in [6, 6.07) is 7.94. The van der Waals surface area contributed by atoms with Gasteiger partial charge in [-0.2, -0.15) is 0 Å². The van der Waals surface area contributed by atoms with Gasteiger partial charge in [-0.15, -0.1) is 0 Å². The first kappa shape index (κ1) is 21.7. The number of hydrogen-bond acceptors (Lipinski definition) is 6. The van der Waals surface area contributed by atoms with E-state index in [1.165, 1.54) is 12.1 Å². The molecule has 3 heterocycles. The summed E-state index contributed by atoms with van der Waals surface area (Å²) in [4.78, 5) is 46.8. The summed E-state index contributed by atoms with van der Waals surface area (Å²) in [6.07, 6.45) is 7.06. The lowest BCUT2D eigenvalue weighted by Crippen LogP contribution is -2.38. The molecule has 2 amide bonds. The van der Waals surface area contributed by atoms with Crippen LogP contribution >= 0.6 is 0 Å². The molecule has 1 aromatic heterocycles. The predicted octanol–water partition coefficient (Wildman–Crippen LogP) is 2.97. The number of pyridine rings is 1. The third-order valence-electron chi connectivity index (χ3n) is 6.12. The van der Waals surface area contributed by atoms with Crippen LogP contribution in [0.3, 0.4) is 0 Å². The summed E-state index contributed by atoms with van der Waals surface area (Å²) in [7, 11) is 0. The molecule has 0 N–H and O–H groups in total. The molecule has 2 aromatic rings. The molecule has 1 aromatic carbocycles. The fourth-order valence-electron chi connectivity index (χ4n) is 4.39. The molecule has 0 aliphatic carbocycles. The van der Waals surface area contributed by atoms with Crippen LogP contribution in [-0.2, 0) is 0 Å². The van der Waals surface area contributed by atoms with E-state index in [2.05, 4.69) is 9.88 Å². The van der Waals surface area contributed by atoms with Gasteiger partial charge in [-0.1, -0.05) is 0 Å². The van der Waals surface area contributed by atoms with Crippen LogP contribution < -0.4 is 4.90 Å². The number of aromatic nitrogens is 1. The molecule has 2 aliphatic heterocycles. The Morgan fingerprint density at radius 1 is 0.812 bits per heavy atom. The van der Waals surface area contributed by atoms with Gasteiger partial charge >= 0.3 is 0 Å². The van der Waals surface area contributed by atoms with E-state index in [9.17, 15) is 19.7 Å². The van der Waals surface area contributed by atoms with Crippen molar-refractivity contribution in [1.82, 2.24) is 14.8 Å². The van der Waals surface area contributed by atoms with Crippen LogP contribution in [0, 0.1) is 10.1 Å². The highest BCUT2D eigenvalue weighted by molar-refractivity contribution is 6.00. The molecule has 0 saturated carbocycles. The Kier molecular flexibility index (Phi) is 6.63. The number of hydrogen-bond donors (Lipinski definition) is 0. The first-order valence-corrected chi connectivity index (χ1v) is 11.1. The van der Waals surface area contributed by atoms with E-state index in [0.717, 1.165) is 38.0 Å². The van der Waals surface area contributed by atoms with Gasteiger partial charge in [0, 0.05) is 69.4 Å². The Balaban J connectivity index is 1.54. The average molecular weight is 438 g/mol. The molecule has 0 bridgehead atoms. The van der Waals surface area contributed by atoms with E-state index in [1.807, 2.05) is 0 Å². The lowest BCUT2D eigenvalue weighted by atomic mass is 10.1. The molecule has 168 valence electrons. The number of nitro groups is 1. The lowest BCUT2D eigenvalue weighted by Gasteiger charge is -2.31.